The highest BCUT2D eigenvalue weighted by atomic mass is 127. The lowest BCUT2D eigenvalue weighted by Gasteiger charge is -2.08. The molecular weight excluding hydrogens is 442 g/mol. The molecule has 98 valence electrons. The molecule has 2 rings (SSSR count). The number of hydrogen-bond donors (Lipinski definition) is 1. The van der Waals surface area contributed by atoms with Crippen molar-refractivity contribution in [3.8, 4) is 0 Å². The van der Waals surface area contributed by atoms with Crippen LogP contribution in [0.5, 0.6) is 0 Å². The van der Waals surface area contributed by atoms with Gasteiger partial charge < -0.3 is 5.32 Å². The maximum atomic E-state index is 12.2. The molecule has 1 amide bonds. The van der Waals surface area contributed by atoms with Crippen LogP contribution in [0.3, 0.4) is 0 Å². The number of nitrogens with one attached hydrogen (secondary N) is 1. The summed E-state index contributed by atoms with van der Waals surface area (Å²) >= 11 is 11.4. The summed E-state index contributed by atoms with van der Waals surface area (Å²) in [4.78, 5) is 16.2. The molecule has 0 saturated heterocycles. The van der Waals surface area contributed by atoms with Gasteiger partial charge in [0.15, 0.2) is 0 Å². The van der Waals surface area contributed by atoms with E-state index in [4.69, 9.17) is 11.6 Å². The van der Waals surface area contributed by atoms with E-state index in [9.17, 15) is 4.79 Å². The molecule has 0 atom stereocenters. The normalized spacial score (nSPS) is 10.3. The molecule has 0 radical (unpaired) electrons. The van der Waals surface area contributed by atoms with Gasteiger partial charge in [-0.1, -0.05) is 11.6 Å². The van der Waals surface area contributed by atoms with Crippen molar-refractivity contribution in [1.82, 2.24) is 4.98 Å². The van der Waals surface area contributed by atoms with Crippen molar-refractivity contribution >= 4 is 61.7 Å². The number of carbonyl (C=O) groups excluding carboxylic acids is 1. The van der Waals surface area contributed by atoms with Gasteiger partial charge in [0, 0.05) is 8.04 Å². The summed E-state index contributed by atoms with van der Waals surface area (Å²) in [5.74, 6) is -0.186. The topological polar surface area (TPSA) is 42.0 Å². The lowest BCUT2D eigenvalue weighted by Crippen LogP contribution is -2.13. The molecule has 0 bridgehead atoms. The van der Waals surface area contributed by atoms with Crippen molar-refractivity contribution < 1.29 is 4.79 Å². The SMILES string of the molecule is Cc1cc(NC(=O)c2cc(I)ccc2Br)cnc1Cl. The molecule has 1 aromatic carbocycles. The van der Waals surface area contributed by atoms with Crippen molar-refractivity contribution in [1.29, 1.82) is 0 Å². The molecule has 1 heterocycles. The number of rotatable bonds is 2. The van der Waals surface area contributed by atoms with Crippen LogP contribution in [-0.4, -0.2) is 10.9 Å². The van der Waals surface area contributed by atoms with Crippen LogP contribution in [-0.2, 0) is 0 Å². The second-order valence-corrected chi connectivity index (χ2v) is 6.37. The molecule has 0 aliphatic rings. The predicted molar refractivity (Wildman–Crippen MR) is 88.8 cm³/mol. The van der Waals surface area contributed by atoms with Gasteiger partial charge in [-0.15, -0.1) is 0 Å². The highest BCUT2D eigenvalue weighted by molar-refractivity contribution is 14.1. The van der Waals surface area contributed by atoms with Crippen LogP contribution in [0.4, 0.5) is 5.69 Å². The van der Waals surface area contributed by atoms with Gasteiger partial charge in [-0.2, -0.15) is 0 Å². The number of benzene rings is 1. The summed E-state index contributed by atoms with van der Waals surface area (Å²) < 4.78 is 1.75. The fraction of sp³-hybridized carbons (Fsp3) is 0.0769. The zero-order valence-electron chi connectivity index (χ0n) is 9.88. The Hall–Kier alpha value is -0.660. The first-order valence-corrected chi connectivity index (χ1v) is 7.61. The van der Waals surface area contributed by atoms with E-state index in [-0.39, 0.29) is 5.91 Å². The number of nitrogens with zero attached hydrogens (tertiary/aromatic N) is 1. The Morgan fingerprint density at radius 2 is 2.16 bits per heavy atom. The quantitative estimate of drug-likeness (QED) is 0.533. The Kier molecular flexibility index (Phi) is 4.81. The van der Waals surface area contributed by atoms with E-state index >= 15 is 0 Å². The Labute approximate surface area is 138 Å². The molecule has 2 aromatic rings. The number of anilines is 1. The minimum Gasteiger partial charge on any atom is -0.321 e. The van der Waals surface area contributed by atoms with Crippen molar-refractivity contribution in [2.24, 2.45) is 0 Å². The molecule has 0 unspecified atom stereocenters. The zero-order chi connectivity index (χ0) is 14.0. The number of pyridine rings is 1. The minimum atomic E-state index is -0.186. The molecule has 1 aromatic heterocycles. The van der Waals surface area contributed by atoms with E-state index in [1.165, 1.54) is 6.20 Å². The standard InChI is InChI=1S/C13H9BrClIN2O/c1-7-4-9(6-17-12(7)15)18-13(19)10-5-8(16)2-3-11(10)14/h2-6H,1H3,(H,18,19). The summed E-state index contributed by atoms with van der Waals surface area (Å²) in [5, 5.41) is 3.24. The van der Waals surface area contributed by atoms with Crippen LogP contribution >= 0.6 is 50.1 Å². The van der Waals surface area contributed by atoms with Gasteiger partial charge in [-0.05, 0) is 75.3 Å². The monoisotopic (exact) mass is 450 g/mol. The molecule has 1 N–H and O–H groups in total. The number of carbonyl (C=O) groups is 1. The van der Waals surface area contributed by atoms with Gasteiger partial charge in [0.2, 0.25) is 0 Å². The van der Waals surface area contributed by atoms with Crippen molar-refractivity contribution in [2.45, 2.75) is 6.92 Å². The fourth-order valence-electron chi connectivity index (χ4n) is 1.50. The van der Waals surface area contributed by atoms with Crippen LogP contribution in [0.1, 0.15) is 15.9 Å². The highest BCUT2D eigenvalue weighted by Gasteiger charge is 2.11. The largest absolute Gasteiger partial charge is 0.321 e. The van der Waals surface area contributed by atoms with Gasteiger partial charge in [-0.3, -0.25) is 4.79 Å². The summed E-state index contributed by atoms with van der Waals surface area (Å²) in [6, 6.07) is 7.38. The number of hydrogen-bond acceptors (Lipinski definition) is 2. The number of halogens is 3. The van der Waals surface area contributed by atoms with E-state index in [0.29, 0.717) is 16.4 Å². The van der Waals surface area contributed by atoms with Crippen LogP contribution in [0.2, 0.25) is 5.15 Å². The summed E-state index contributed by atoms with van der Waals surface area (Å²) in [5.41, 5.74) is 2.03. The summed E-state index contributed by atoms with van der Waals surface area (Å²) in [6.45, 7) is 1.84. The van der Waals surface area contributed by atoms with Crippen molar-refractivity contribution in [3.05, 3.63) is 54.8 Å². The molecule has 0 fully saturated rings. The van der Waals surface area contributed by atoms with Gasteiger partial charge in [-0.25, -0.2) is 4.98 Å². The Balaban J connectivity index is 2.25. The van der Waals surface area contributed by atoms with E-state index in [1.807, 2.05) is 25.1 Å². The number of amides is 1. The Morgan fingerprint density at radius 1 is 1.42 bits per heavy atom. The lowest BCUT2D eigenvalue weighted by molar-refractivity contribution is 0.102. The zero-order valence-corrected chi connectivity index (χ0v) is 14.4. The van der Waals surface area contributed by atoms with Gasteiger partial charge >= 0.3 is 0 Å². The Bertz CT molecular complexity index is 649. The predicted octanol–water partition coefficient (Wildman–Crippen LogP) is 4.66. The third-order valence-electron chi connectivity index (χ3n) is 2.45. The first kappa shape index (κ1) is 14.7. The van der Waals surface area contributed by atoms with Crippen LogP contribution < -0.4 is 5.32 Å². The van der Waals surface area contributed by atoms with E-state index in [1.54, 1.807) is 6.07 Å². The number of aromatic nitrogens is 1. The minimum absolute atomic E-state index is 0.186. The van der Waals surface area contributed by atoms with Crippen molar-refractivity contribution in [2.75, 3.05) is 5.32 Å². The van der Waals surface area contributed by atoms with Crippen LogP contribution in [0.25, 0.3) is 0 Å². The molecule has 0 saturated carbocycles. The molecule has 3 nitrogen and oxygen atoms in total. The molecule has 0 aliphatic carbocycles. The maximum Gasteiger partial charge on any atom is 0.256 e. The maximum absolute atomic E-state index is 12.2. The first-order valence-electron chi connectivity index (χ1n) is 5.36. The molecule has 19 heavy (non-hydrogen) atoms. The van der Waals surface area contributed by atoms with E-state index < -0.39 is 0 Å². The first-order chi connectivity index (χ1) is 8.97. The Morgan fingerprint density at radius 3 is 2.84 bits per heavy atom. The third-order valence-corrected chi connectivity index (χ3v) is 4.20. The van der Waals surface area contributed by atoms with Crippen LogP contribution in [0, 0.1) is 10.5 Å². The molecular formula is C13H9BrClIN2O. The van der Waals surface area contributed by atoms with Gasteiger partial charge in [0.1, 0.15) is 5.15 Å². The van der Waals surface area contributed by atoms with Crippen LogP contribution in [0.15, 0.2) is 34.9 Å². The average molecular weight is 451 g/mol. The molecule has 0 aliphatic heterocycles. The van der Waals surface area contributed by atoms with Gasteiger partial charge in [0.05, 0.1) is 17.4 Å². The van der Waals surface area contributed by atoms with Crippen molar-refractivity contribution in [3.63, 3.8) is 0 Å². The summed E-state index contributed by atoms with van der Waals surface area (Å²) in [7, 11) is 0. The van der Waals surface area contributed by atoms with E-state index in [2.05, 4.69) is 48.8 Å². The second kappa shape index (κ2) is 6.19. The average Bonchev–Trinajstić information content (AvgIpc) is 2.36. The molecule has 0 spiro atoms. The highest BCUT2D eigenvalue weighted by Crippen LogP contribution is 2.22. The smallest absolute Gasteiger partial charge is 0.256 e. The summed E-state index contributed by atoms with van der Waals surface area (Å²) in [6.07, 6.45) is 1.54. The van der Waals surface area contributed by atoms with Gasteiger partial charge in [0.25, 0.3) is 5.91 Å². The fourth-order valence-corrected chi connectivity index (χ4v) is 2.52. The third kappa shape index (κ3) is 3.67. The second-order valence-electron chi connectivity index (χ2n) is 3.91. The van der Waals surface area contributed by atoms with E-state index in [0.717, 1.165) is 13.6 Å². The molecule has 6 heteroatoms. The lowest BCUT2D eigenvalue weighted by atomic mass is 10.2. The number of aryl methyl sites for hydroxylation is 1.